The van der Waals surface area contributed by atoms with Crippen molar-refractivity contribution in [2.24, 2.45) is 0 Å². The Morgan fingerprint density at radius 1 is 1.11 bits per heavy atom. The van der Waals surface area contributed by atoms with Gasteiger partial charge in [0.1, 0.15) is 18.2 Å². The molecule has 0 heterocycles. The normalized spacial score (nSPS) is 11.0. The number of hydrogen-bond acceptors (Lipinski definition) is 4. The highest BCUT2D eigenvalue weighted by Gasteiger charge is 2.15. The van der Waals surface area contributed by atoms with E-state index < -0.39 is 5.91 Å². The summed E-state index contributed by atoms with van der Waals surface area (Å²) in [6, 6.07) is 23.2. The summed E-state index contributed by atoms with van der Waals surface area (Å²) in [5, 5.41) is 13.0. The van der Waals surface area contributed by atoms with Crippen LogP contribution in [0.25, 0.3) is 6.08 Å². The Labute approximate surface area is 224 Å². The number of nitrogens with one attached hydrogen (secondary N) is 1. The lowest BCUT2D eigenvalue weighted by molar-refractivity contribution is -0.117. The van der Waals surface area contributed by atoms with Crippen LogP contribution in [0.15, 0.2) is 72.3 Å². The van der Waals surface area contributed by atoms with Crippen molar-refractivity contribution in [2.75, 3.05) is 13.2 Å². The van der Waals surface area contributed by atoms with Gasteiger partial charge in [-0.05, 0) is 77.8 Å². The summed E-state index contributed by atoms with van der Waals surface area (Å²) in [6.45, 7) is 3.11. The molecule has 3 rings (SSSR count). The molecule has 0 radical (unpaired) electrons. The molecule has 0 aliphatic carbocycles. The second-order valence-corrected chi connectivity index (χ2v) is 9.23. The standard InChI is InChI=1S/C28H26ClIN2O3/c1-2-34-26-17-21(16-25(30)27(26)35-19-22-12-6-7-13-24(22)29)15-23(18-31)28(33)32-14-8-11-20-9-4-3-5-10-20/h3-7,9-10,12-13,15-17H,2,8,11,14,19H2,1H3,(H,32,33)/b23-15-. The molecule has 35 heavy (non-hydrogen) atoms. The first-order chi connectivity index (χ1) is 17.0. The van der Waals surface area contributed by atoms with Crippen LogP contribution >= 0.6 is 34.2 Å². The van der Waals surface area contributed by atoms with Gasteiger partial charge >= 0.3 is 0 Å². The summed E-state index contributed by atoms with van der Waals surface area (Å²) < 4.78 is 12.6. The minimum Gasteiger partial charge on any atom is -0.490 e. The average Bonchev–Trinajstić information content (AvgIpc) is 2.86. The number of halogens is 2. The quantitative estimate of drug-likeness (QED) is 0.117. The van der Waals surface area contributed by atoms with Crippen molar-refractivity contribution >= 4 is 46.2 Å². The Balaban J connectivity index is 1.69. The predicted octanol–water partition coefficient (Wildman–Crippen LogP) is 6.58. The zero-order chi connectivity index (χ0) is 25.0. The van der Waals surface area contributed by atoms with E-state index in [1.165, 1.54) is 5.56 Å². The van der Waals surface area contributed by atoms with Crippen LogP contribution in [0.2, 0.25) is 5.02 Å². The van der Waals surface area contributed by atoms with Crippen LogP contribution in [0.5, 0.6) is 11.5 Å². The van der Waals surface area contributed by atoms with Gasteiger partial charge in [-0.1, -0.05) is 60.1 Å². The highest BCUT2D eigenvalue weighted by Crippen LogP contribution is 2.36. The summed E-state index contributed by atoms with van der Waals surface area (Å²) in [5.74, 6) is 0.735. The minimum atomic E-state index is -0.396. The predicted molar refractivity (Wildman–Crippen MR) is 147 cm³/mol. The molecule has 5 nitrogen and oxygen atoms in total. The van der Waals surface area contributed by atoms with Gasteiger partial charge in [0.2, 0.25) is 0 Å². The Kier molecular flexibility index (Phi) is 10.5. The molecular formula is C28H26ClIN2O3. The summed E-state index contributed by atoms with van der Waals surface area (Å²) in [5.41, 5.74) is 2.80. The number of benzene rings is 3. The number of rotatable bonds is 11. The third-order valence-corrected chi connectivity index (χ3v) is 6.28. The number of nitrogens with zero attached hydrogens (tertiary/aromatic N) is 1. The van der Waals surface area contributed by atoms with Crippen LogP contribution in [0.3, 0.4) is 0 Å². The fourth-order valence-electron chi connectivity index (χ4n) is 3.39. The van der Waals surface area contributed by atoms with Crippen molar-refractivity contribution in [3.63, 3.8) is 0 Å². The van der Waals surface area contributed by atoms with E-state index in [2.05, 4.69) is 40.0 Å². The molecule has 0 spiro atoms. The van der Waals surface area contributed by atoms with Crippen molar-refractivity contribution < 1.29 is 14.3 Å². The Morgan fingerprint density at radius 2 is 1.86 bits per heavy atom. The molecule has 0 saturated heterocycles. The molecule has 7 heteroatoms. The highest BCUT2D eigenvalue weighted by atomic mass is 127. The molecule has 1 amide bonds. The van der Waals surface area contributed by atoms with E-state index in [0.717, 1.165) is 22.0 Å². The van der Waals surface area contributed by atoms with Crippen LogP contribution in [0.4, 0.5) is 0 Å². The smallest absolute Gasteiger partial charge is 0.261 e. The van der Waals surface area contributed by atoms with E-state index in [9.17, 15) is 10.1 Å². The van der Waals surface area contributed by atoms with Gasteiger partial charge in [0, 0.05) is 17.1 Å². The van der Waals surface area contributed by atoms with E-state index in [1.54, 1.807) is 12.1 Å². The number of nitriles is 1. The summed E-state index contributed by atoms with van der Waals surface area (Å²) in [6.07, 6.45) is 3.21. The second kappa shape index (κ2) is 13.8. The number of hydrogen-bond donors (Lipinski definition) is 1. The van der Waals surface area contributed by atoms with Gasteiger partial charge in [0.05, 0.1) is 10.2 Å². The summed E-state index contributed by atoms with van der Waals surface area (Å²) in [7, 11) is 0. The topological polar surface area (TPSA) is 71.3 Å². The molecule has 0 bridgehead atoms. The monoisotopic (exact) mass is 600 g/mol. The number of carbonyl (C=O) groups is 1. The van der Waals surface area contributed by atoms with Crippen molar-refractivity contribution in [3.05, 3.63) is 97.6 Å². The molecule has 0 atom stereocenters. The first-order valence-electron chi connectivity index (χ1n) is 11.3. The first kappa shape index (κ1) is 26.6. The van der Waals surface area contributed by atoms with Gasteiger partial charge in [-0.15, -0.1) is 0 Å². The maximum Gasteiger partial charge on any atom is 0.261 e. The van der Waals surface area contributed by atoms with Gasteiger partial charge in [-0.25, -0.2) is 0 Å². The highest BCUT2D eigenvalue weighted by molar-refractivity contribution is 14.1. The van der Waals surface area contributed by atoms with Gasteiger partial charge in [-0.3, -0.25) is 4.79 Å². The zero-order valence-electron chi connectivity index (χ0n) is 19.4. The van der Waals surface area contributed by atoms with Crippen LogP contribution in [0, 0.1) is 14.9 Å². The van der Waals surface area contributed by atoms with Crippen molar-refractivity contribution in [1.29, 1.82) is 5.26 Å². The lowest BCUT2D eigenvalue weighted by Crippen LogP contribution is -2.25. The van der Waals surface area contributed by atoms with E-state index in [0.29, 0.717) is 41.8 Å². The third kappa shape index (κ3) is 8.01. The molecule has 0 aliphatic rings. The largest absolute Gasteiger partial charge is 0.490 e. The van der Waals surface area contributed by atoms with Gasteiger partial charge < -0.3 is 14.8 Å². The number of carbonyl (C=O) groups excluding carboxylic acids is 1. The Bertz CT molecular complexity index is 1220. The van der Waals surface area contributed by atoms with Crippen LogP contribution in [-0.4, -0.2) is 19.1 Å². The molecule has 180 valence electrons. The molecule has 0 saturated carbocycles. The maximum atomic E-state index is 12.6. The molecule has 1 N–H and O–H groups in total. The molecule has 0 aromatic heterocycles. The van der Waals surface area contributed by atoms with E-state index in [1.807, 2.05) is 61.5 Å². The van der Waals surface area contributed by atoms with E-state index >= 15 is 0 Å². The van der Waals surface area contributed by atoms with Crippen molar-refractivity contribution in [2.45, 2.75) is 26.4 Å². The van der Waals surface area contributed by atoms with Crippen molar-refractivity contribution in [3.8, 4) is 17.6 Å². The van der Waals surface area contributed by atoms with Crippen LogP contribution in [-0.2, 0) is 17.8 Å². The van der Waals surface area contributed by atoms with Crippen molar-refractivity contribution in [1.82, 2.24) is 5.32 Å². The van der Waals surface area contributed by atoms with Crippen LogP contribution < -0.4 is 14.8 Å². The molecule has 0 unspecified atom stereocenters. The van der Waals surface area contributed by atoms with Gasteiger partial charge in [0.25, 0.3) is 5.91 Å². The van der Waals surface area contributed by atoms with Gasteiger partial charge in [-0.2, -0.15) is 5.26 Å². The molecule has 3 aromatic carbocycles. The fourth-order valence-corrected chi connectivity index (χ4v) is 4.36. The lowest BCUT2D eigenvalue weighted by atomic mass is 10.1. The SMILES string of the molecule is CCOc1cc(/C=C(/C#N)C(=O)NCCCc2ccccc2)cc(I)c1OCc1ccccc1Cl. The van der Waals surface area contributed by atoms with Gasteiger partial charge in [0.15, 0.2) is 11.5 Å². The Morgan fingerprint density at radius 3 is 2.57 bits per heavy atom. The zero-order valence-corrected chi connectivity index (χ0v) is 22.3. The summed E-state index contributed by atoms with van der Waals surface area (Å²) >= 11 is 8.41. The number of aryl methyl sites for hydroxylation is 1. The third-order valence-electron chi connectivity index (χ3n) is 5.11. The molecule has 0 fully saturated rings. The minimum absolute atomic E-state index is 0.0349. The average molecular weight is 601 g/mol. The van der Waals surface area contributed by atoms with E-state index in [4.69, 9.17) is 21.1 Å². The Hall–Kier alpha value is -3.02. The maximum absolute atomic E-state index is 12.6. The molecular weight excluding hydrogens is 575 g/mol. The lowest BCUT2D eigenvalue weighted by Gasteiger charge is -2.15. The second-order valence-electron chi connectivity index (χ2n) is 7.66. The number of amides is 1. The fraction of sp³-hybridized carbons (Fsp3) is 0.214. The summed E-state index contributed by atoms with van der Waals surface area (Å²) in [4.78, 5) is 12.6. The van der Waals surface area contributed by atoms with E-state index in [-0.39, 0.29) is 5.57 Å². The molecule has 0 aliphatic heterocycles. The number of ether oxygens (including phenoxy) is 2. The first-order valence-corrected chi connectivity index (χ1v) is 12.7. The van der Waals surface area contributed by atoms with Crippen LogP contribution in [0.1, 0.15) is 30.0 Å². The molecule has 3 aromatic rings.